The van der Waals surface area contributed by atoms with E-state index < -0.39 is 6.10 Å². The Kier molecular flexibility index (Phi) is 6.03. The van der Waals surface area contributed by atoms with Gasteiger partial charge in [-0.1, -0.05) is 48.0 Å². The molecule has 4 rings (SSSR count). The van der Waals surface area contributed by atoms with E-state index in [0.717, 1.165) is 11.1 Å². The van der Waals surface area contributed by atoms with E-state index in [1.165, 1.54) is 17.0 Å². The van der Waals surface area contributed by atoms with Crippen molar-refractivity contribution in [2.45, 2.75) is 26.5 Å². The van der Waals surface area contributed by atoms with E-state index in [4.69, 9.17) is 4.74 Å². The fourth-order valence-electron chi connectivity index (χ4n) is 3.48. The van der Waals surface area contributed by atoms with Crippen molar-refractivity contribution in [1.29, 1.82) is 0 Å². The lowest BCUT2D eigenvalue weighted by molar-refractivity contribution is -0.125. The van der Waals surface area contributed by atoms with Crippen molar-refractivity contribution in [2.24, 2.45) is 0 Å². The third-order valence-electron chi connectivity index (χ3n) is 5.23. The summed E-state index contributed by atoms with van der Waals surface area (Å²) in [4.78, 5) is 26.7. The molecule has 1 heterocycles. The van der Waals surface area contributed by atoms with E-state index >= 15 is 0 Å². The number of carbonyl (C=O) groups excluding carboxylic acids is 2. The number of carbonyl (C=O) groups is 2. The Labute approximate surface area is 186 Å². The van der Waals surface area contributed by atoms with E-state index in [2.05, 4.69) is 5.32 Å². The summed E-state index contributed by atoms with van der Waals surface area (Å²) >= 11 is 0. The van der Waals surface area contributed by atoms with E-state index in [-0.39, 0.29) is 24.2 Å². The van der Waals surface area contributed by atoms with Crippen molar-refractivity contribution in [2.75, 3.05) is 10.2 Å². The molecule has 0 saturated carbocycles. The molecule has 0 radical (unpaired) electrons. The van der Waals surface area contributed by atoms with Crippen LogP contribution in [-0.2, 0) is 16.1 Å². The molecule has 1 N–H and O–H groups in total. The van der Waals surface area contributed by atoms with Gasteiger partial charge in [0.15, 0.2) is 6.10 Å². The van der Waals surface area contributed by atoms with Crippen LogP contribution in [0.5, 0.6) is 5.75 Å². The summed E-state index contributed by atoms with van der Waals surface area (Å²) in [5, 5.41) is 2.80. The van der Waals surface area contributed by atoms with Crippen molar-refractivity contribution >= 4 is 29.3 Å². The smallest absolute Gasteiger partial charge is 0.268 e. The normalized spacial score (nSPS) is 15.4. The van der Waals surface area contributed by atoms with Gasteiger partial charge in [0, 0.05) is 17.3 Å². The Balaban J connectivity index is 1.55. The molecule has 0 fully saturated rings. The molecular formula is C26H23FN2O3. The Hall–Kier alpha value is -3.93. The van der Waals surface area contributed by atoms with Crippen LogP contribution in [0.25, 0.3) is 6.08 Å². The maximum absolute atomic E-state index is 14.2. The number of hydrogen-bond acceptors (Lipinski definition) is 3. The fourth-order valence-corrected chi connectivity index (χ4v) is 3.48. The van der Waals surface area contributed by atoms with Gasteiger partial charge >= 0.3 is 0 Å². The average molecular weight is 430 g/mol. The average Bonchev–Trinajstić information content (AvgIpc) is 2.78. The van der Waals surface area contributed by atoms with E-state index in [1.807, 2.05) is 31.2 Å². The van der Waals surface area contributed by atoms with Crippen molar-refractivity contribution in [1.82, 2.24) is 0 Å². The number of fused-ring (bicyclic) bond motifs is 1. The van der Waals surface area contributed by atoms with Gasteiger partial charge in [0.1, 0.15) is 11.6 Å². The highest BCUT2D eigenvalue weighted by molar-refractivity contribution is 6.04. The molecule has 6 heteroatoms. The second-order valence-corrected chi connectivity index (χ2v) is 7.69. The topological polar surface area (TPSA) is 58.6 Å². The number of amides is 2. The molecule has 3 aromatic carbocycles. The lowest BCUT2D eigenvalue weighted by atomic mass is 10.1. The van der Waals surface area contributed by atoms with E-state index in [9.17, 15) is 14.0 Å². The Morgan fingerprint density at radius 2 is 1.88 bits per heavy atom. The Morgan fingerprint density at radius 3 is 2.62 bits per heavy atom. The lowest BCUT2D eigenvalue weighted by Gasteiger charge is -2.33. The predicted molar refractivity (Wildman–Crippen MR) is 123 cm³/mol. The lowest BCUT2D eigenvalue weighted by Crippen LogP contribution is -2.44. The van der Waals surface area contributed by atoms with Crippen LogP contribution in [-0.4, -0.2) is 17.9 Å². The van der Waals surface area contributed by atoms with Gasteiger partial charge < -0.3 is 15.0 Å². The summed E-state index contributed by atoms with van der Waals surface area (Å²) < 4.78 is 19.9. The van der Waals surface area contributed by atoms with Crippen molar-refractivity contribution in [3.63, 3.8) is 0 Å². The fraction of sp³-hybridized carbons (Fsp3) is 0.154. The van der Waals surface area contributed by atoms with Crippen LogP contribution in [0.2, 0.25) is 0 Å². The zero-order valence-corrected chi connectivity index (χ0v) is 17.8. The molecule has 0 spiro atoms. The molecule has 0 bridgehead atoms. The Bertz CT molecular complexity index is 1190. The van der Waals surface area contributed by atoms with Crippen molar-refractivity contribution in [3.05, 3.63) is 95.3 Å². The number of benzene rings is 3. The molecule has 162 valence electrons. The van der Waals surface area contributed by atoms with E-state index in [1.54, 1.807) is 49.4 Å². The number of hydrogen-bond donors (Lipinski definition) is 1. The number of aryl methyl sites for hydroxylation is 1. The minimum absolute atomic E-state index is 0.0664. The van der Waals surface area contributed by atoms with Gasteiger partial charge in [-0.25, -0.2) is 4.39 Å². The van der Waals surface area contributed by atoms with Crippen LogP contribution in [0.15, 0.2) is 72.8 Å². The zero-order chi connectivity index (χ0) is 22.7. The molecule has 5 nitrogen and oxygen atoms in total. The highest BCUT2D eigenvalue weighted by atomic mass is 19.1. The van der Waals surface area contributed by atoms with Gasteiger partial charge in [-0.2, -0.15) is 0 Å². The monoisotopic (exact) mass is 430 g/mol. The molecule has 3 aromatic rings. The van der Waals surface area contributed by atoms with Crippen LogP contribution in [0.1, 0.15) is 23.6 Å². The first-order valence-corrected chi connectivity index (χ1v) is 10.3. The molecule has 0 saturated heterocycles. The highest BCUT2D eigenvalue weighted by Crippen LogP contribution is 2.37. The van der Waals surface area contributed by atoms with Crippen LogP contribution < -0.4 is 15.0 Å². The predicted octanol–water partition coefficient (Wildman–Crippen LogP) is 5.10. The minimum atomic E-state index is -0.688. The number of anilines is 2. The second-order valence-electron chi connectivity index (χ2n) is 7.69. The number of halogens is 1. The third-order valence-corrected chi connectivity index (χ3v) is 5.23. The van der Waals surface area contributed by atoms with Crippen LogP contribution in [0, 0.1) is 12.7 Å². The molecule has 2 amide bonds. The Morgan fingerprint density at radius 1 is 1.12 bits per heavy atom. The van der Waals surface area contributed by atoms with Gasteiger partial charge in [0.2, 0.25) is 5.91 Å². The second kappa shape index (κ2) is 9.06. The molecular weight excluding hydrogens is 407 g/mol. The molecule has 0 aromatic heterocycles. The molecule has 1 aliphatic rings. The number of nitrogens with zero attached hydrogens (tertiary/aromatic N) is 1. The van der Waals surface area contributed by atoms with Crippen molar-refractivity contribution < 1.29 is 18.7 Å². The summed E-state index contributed by atoms with van der Waals surface area (Å²) in [6.45, 7) is 3.73. The first-order valence-electron chi connectivity index (χ1n) is 10.3. The number of ether oxygens (including phenoxy) is 1. The molecule has 0 aliphatic carbocycles. The summed E-state index contributed by atoms with van der Waals surface area (Å²) in [7, 11) is 0. The molecule has 1 atom stereocenters. The summed E-state index contributed by atoms with van der Waals surface area (Å²) in [6, 6.07) is 19.2. The number of rotatable bonds is 5. The first-order chi connectivity index (χ1) is 15.4. The van der Waals surface area contributed by atoms with Crippen LogP contribution in [0.4, 0.5) is 15.8 Å². The standard InChI is InChI=1S/C26H23FN2O3/c1-17-7-9-19(10-8-17)11-14-25(30)28-21-12-13-24-23(15-21)29(26(31)18(2)32-24)16-20-5-3-4-6-22(20)27/h3-15,18H,16H2,1-2H3,(H,28,30)/b14-11+. The molecule has 1 aliphatic heterocycles. The van der Waals surface area contributed by atoms with Crippen LogP contribution >= 0.6 is 0 Å². The van der Waals surface area contributed by atoms with Gasteiger partial charge in [0.05, 0.1) is 12.2 Å². The minimum Gasteiger partial charge on any atom is -0.479 e. The van der Waals surface area contributed by atoms with Gasteiger partial charge in [-0.3, -0.25) is 9.59 Å². The summed E-state index contributed by atoms with van der Waals surface area (Å²) in [6.07, 6.45) is 2.49. The van der Waals surface area contributed by atoms with Gasteiger partial charge in [-0.05, 0) is 49.8 Å². The third kappa shape index (κ3) is 4.70. The number of nitrogens with one attached hydrogen (secondary N) is 1. The van der Waals surface area contributed by atoms with Crippen molar-refractivity contribution in [3.8, 4) is 5.75 Å². The summed E-state index contributed by atoms with van der Waals surface area (Å²) in [5.41, 5.74) is 3.45. The van der Waals surface area contributed by atoms with Gasteiger partial charge in [0.25, 0.3) is 5.91 Å². The molecule has 1 unspecified atom stereocenters. The zero-order valence-electron chi connectivity index (χ0n) is 17.8. The SMILES string of the molecule is Cc1ccc(/C=C/C(=O)Nc2ccc3c(c2)N(Cc2ccccc2F)C(=O)C(C)O3)cc1. The van der Waals surface area contributed by atoms with E-state index in [0.29, 0.717) is 22.7 Å². The van der Waals surface area contributed by atoms with Gasteiger partial charge in [-0.15, -0.1) is 0 Å². The highest BCUT2D eigenvalue weighted by Gasteiger charge is 2.32. The quantitative estimate of drug-likeness (QED) is 0.573. The maximum Gasteiger partial charge on any atom is 0.268 e. The molecule has 32 heavy (non-hydrogen) atoms. The maximum atomic E-state index is 14.2. The largest absolute Gasteiger partial charge is 0.479 e. The first kappa shape index (κ1) is 21.3. The van der Waals surface area contributed by atoms with Crippen LogP contribution in [0.3, 0.4) is 0 Å². The summed E-state index contributed by atoms with van der Waals surface area (Å²) in [5.74, 6) is -0.459.